The number of rotatable bonds is 6. The van der Waals surface area contributed by atoms with Gasteiger partial charge in [0.25, 0.3) is 11.8 Å². The van der Waals surface area contributed by atoms with Crippen molar-refractivity contribution >= 4 is 40.1 Å². The molecule has 0 spiro atoms. The number of alkyl carbamates (subject to hydrolysis) is 1. The second-order valence-electron chi connectivity index (χ2n) is 15.6. The molecule has 0 aromatic heterocycles. The number of carbonyl (C=O) groups excluding carboxylic acids is 5. The fourth-order valence-corrected chi connectivity index (χ4v) is 9.60. The van der Waals surface area contributed by atoms with Crippen molar-refractivity contribution < 1.29 is 50.6 Å². The van der Waals surface area contributed by atoms with Gasteiger partial charge in [0.2, 0.25) is 11.8 Å². The van der Waals surface area contributed by atoms with Crippen LogP contribution in [0, 0.1) is 5.92 Å². The van der Waals surface area contributed by atoms with Crippen LogP contribution >= 0.6 is 0 Å². The van der Waals surface area contributed by atoms with Crippen molar-refractivity contribution in [1.82, 2.24) is 29.5 Å². The zero-order valence-corrected chi connectivity index (χ0v) is 31.4. The molecule has 1 aromatic carbocycles. The van der Waals surface area contributed by atoms with Crippen molar-refractivity contribution in [3.05, 3.63) is 47.5 Å². The van der Waals surface area contributed by atoms with Crippen LogP contribution in [0.4, 0.5) is 18.4 Å². The van der Waals surface area contributed by atoms with Gasteiger partial charge in [0.05, 0.1) is 13.1 Å². The second-order valence-corrected chi connectivity index (χ2v) is 17.3. The number of ether oxygens (including phenoxy) is 2. The molecule has 5 atom stereocenters. The van der Waals surface area contributed by atoms with Crippen LogP contribution in [0.3, 0.4) is 0 Å². The third-order valence-corrected chi connectivity index (χ3v) is 13.0. The SMILES string of the molecule is O=C(N[C@@H]1CCCCC/C=C\[C@@H]2C[C@@]2(C(=O)NS(=O)(=O)N2CCC(F)(F)C2)NC(=O)C2C[C@H](OC(=O)N3Cc4ccccc4C3)CN2C1=O)OC1CCCC1. The number of amides is 5. The number of fused-ring (bicyclic) bond motifs is 3. The summed E-state index contributed by atoms with van der Waals surface area (Å²) in [6.07, 6.45) is 6.37. The minimum atomic E-state index is -4.68. The number of alkyl halides is 2. The molecule has 0 bridgehead atoms. The molecular formula is C37H48F2N6O9S. The van der Waals surface area contributed by atoms with E-state index in [0.29, 0.717) is 43.1 Å². The molecule has 2 saturated carbocycles. The molecular weight excluding hydrogens is 743 g/mol. The summed E-state index contributed by atoms with van der Waals surface area (Å²) in [4.78, 5) is 71.7. The standard InChI is InChI=1S/C37H48F2N6O9S/c38-36(39)16-17-44(23-36)55(51,52)42-33(48)37-19-26(37)12-4-2-1-3-5-15-29(40-34(49)53-27-13-8-9-14-27)32(47)45-22-28(18-30(45)31(46)41-37)54-35(50)43-20-24-10-6-7-11-25(24)21-43/h4,6-7,10-12,26-30H,1-3,5,8-9,13-23H2,(H,40,49)(H,41,46)(H,42,48)/b12-4-/t26-,28+,29-,30?,37-/m1/s1. The Bertz CT molecular complexity index is 1800. The highest BCUT2D eigenvalue weighted by molar-refractivity contribution is 7.87. The smallest absolute Gasteiger partial charge is 0.410 e. The Morgan fingerprint density at radius 1 is 0.927 bits per heavy atom. The Labute approximate surface area is 318 Å². The topological polar surface area (TPSA) is 184 Å². The Kier molecular flexibility index (Phi) is 11.1. The van der Waals surface area contributed by atoms with E-state index in [1.165, 1.54) is 9.80 Å². The minimum Gasteiger partial charge on any atom is -0.446 e. The zero-order valence-electron chi connectivity index (χ0n) is 30.6. The monoisotopic (exact) mass is 790 g/mol. The Balaban J connectivity index is 1.12. The first-order chi connectivity index (χ1) is 26.2. The van der Waals surface area contributed by atoms with E-state index in [1.807, 2.05) is 35.1 Å². The molecule has 55 heavy (non-hydrogen) atoms. The third-order valence-electron chi connectivity index (χ3n) is 11.6. The van der Waals surface area contributed by atoms with Gasteiger partial charge in [-0.1, -0.05) is 49.3 Å². The summed E-state index contributed by atoms with van der Waals surface area (Å²) in [5.41, 5.74) is 0.198. The lowest BCUT2D eigenvalue weighted by Gasteiger charge is -2.30. The summed E-state index contributed by atoms with van der Waals surface area (Å²) in [5, 5.41) is 5.44. The maximum atomic E-state index is 14.4. The Morgan fingerprint density at radius 3 is 2.33 bits per heavy atom. The van der Waals surface area contributed by atoms with Crippen LogP contribution in [0.5, 0.6) is 0 Å². The first kappa shape index (κ1) is 38.9. The van der Waals surface area contributed by atoms with Crippen LogP contribution < -0.4 is 15.4 Å². The normalized spacial score (nSPS) is 30.6. The van der Waals surface area contributed by atoms with Gasteiger partial charge in [-0.25, -0.2) is 23.1 Å². The average molecular weight is 791 g/mol. The first-order valence-electron chi connectivity index (χ1n) is 19.2. The molecule has 1 unspecified atom stereocenters. The summed E-state index contributed by atoms with van der Waals surface area (Å²) in [6.45, 7) is -1.09. The minimum absolute atomic E-state index is 0.0263. The van der Waals surface area contributed by atoms with Crippen LogP contribution in [0.25, 0.3) is 0 Å². The number of nitrogens with one attached hydrogen (secondary N) is 3. The lowest BCUT2D eigenvalue weighted by Crippen LogP contribution is -2.59. The highest BCUT2D eigenvalue weighted by Gasteiger charge is 2.62. The third kappa shape index (κ3) is 8.74. The molecule has 4 heterocycles. The van der Waals surface area contributed by atoms with Gasteiger partial charge >= 0.3 is 22.4 Å². The van der Waals surface area contributed by atoms with Crippen LogP contribution in [-0.2, 0) is 47.2 Å². The van der Waals surface area contributed by atoms with Crippen molar-refractivity contribution in [2.75, 3.05) is 19.6 Å². The van der Waals surface area contributed by atoms with Crippen molar-refractivity contribution in [3.63, 3.8) is 0 Å². The largest absolute Gasteiger partial charge is 0.446 e. The molecule has 2 saturated heterocycles. The van der Waals surface area contributed by atoms with Gasteiger partial charge in [-0.05, 0) is 62.5 Å². The van der Waals surface area contributed by atoms with Gasteiger partial charge < -0.3 is 25.0 Å². The van der Waals surface area contributed by atoms with E-state index in [1.54, 1.807) is 6.08 Å². The van der Waals surface area contributed by atoms with E-state index in [9.17, 15) is 41.2 Å². The number of benzene rings is 1. The van der Waals surface area contributed by atoms with Crippen molar-refractivity contribution in [2.24, 2.45) is 5.92 Å². The van der Waals surface area contributed by atoms with Gasteiger partial charge in [0, 0.05) is 38.4 Å². The average Bonchev–Trinajstić information content (AvgIpc) is 3.69. The van der Waals surface area contributed by atoms with Crippen LogP contribution in [0.2, 0.25) is 0 Å². The molecule has 18 heteroatoms. The Hall–Kier alpha value is -4.32. The van der Waals surface area contributed by atoms with Crippen molar-refractivity contribution in [3.8, 4) is 0 Å². The van der Waals surface area contributed by atoms with Gasteiger partial charge in [-0.15, -0.1) is 0 Å². The predicted octanol–water partition coefficient (Wildman–Crippen LogP) is 3.24. The first-order valence-corrected chi connectivity index (χ1v) is 20.7. The number of allylic oxidation sites excluding steroid dienone is 1. The maximum absolute atomic E-state index is 14.4. The van der Waals surface area contributed by atoms with Gasteiger partial charge in [0.1, 0.15) is 29.8 Å². The van der Waals surface area contributed by atoms with Crippen molar-refractivity contribution in [2.45, 2.75) is 126 Å². The van der Waals surface area contributed by atoms with E-state index in [4.69, 9.17) is 9.47 Å². The second kappa shape index (κ2) is 15.7. The number of halogens is 2. The van der Waals surface area contributed by atoms with E-state index < -0.39 is 95.2 Å². The Morgan fingerprint density at radius 2 is 1.64 bits per heavy atom. The summed E-state index contributed by atoms with van der Waals surface area (Å²) >= 11 is 0. The lowest BCUT2D eigenvalue weighted by atomic mass is 10.0. The van der Waals surface area contributed by atoms with Crippen LogP contribution in [0.1, 0.15) is 88.2 Å². The van der Waals surface area contributed by atoms with Crippen molar-refractivity contribution in [1.29, 1.82) is 0 Å². The predicted molar refractivity (Wildman–Crippen MR) is 191 cm³/mol. The summed E-state index contributed by atoms with van der Waals surface area (Å²) < 4.78 is 67.9. The molecule has 1 aromatic rings. The lowest BCUT2D eigenvalue weighted by molar-refractivity contribution is -0.141. The molecule has 0 radical (unpaired) electrons. The number of carbonyl (C=O) groups is 5. The van der Waals surface area contributed by atoms with Crippen LogP contribution in [-0.4, -0.2) is 108 Å². The van der Waals surface area contributed by atoms with Gasteiger partial charge in [-0.2, -0.15) is 12.7 Å². The molecule has 5 amide bonds. The maximum Gasteiger partial charge on any atom is 0.410 e. The molecule has 4 aliphatic heterocycles. The molecule has 15 nitrogen and oxygen atoms in total. The highest BCUT2D eigenvalue weighted by atomic mass is 32.2. The molecule has 300 valence electrons. The van der Waals surface area contributed by atoms with Crippen LogP contribution in [0.15, 0.2) is 36.4 Å². The van der Waals surface area contributed by atoms with E-state index >= 15 is 0 Å². The zero-order chi connectivity index (χ0) is 39.0. The summed E-state index contributed by atoms with van der Waals surface area (Å²) in [7, 11) is -4.68. The summed E-state index contributed by atoms with van der Waals surface area (Å²) in [6, 6.07) is 5.25. The van der Waals surface area contributed by atoms with Gasteiger partial charge in [0.15, 0.2) is 0 Å². The molecule has 6 aliphatic rings. The fraction of sp³-hybridized carbons (Fsp3) is 0.649. The highest BCUT2D eigenvalue weighted by Crippen LogP contribution is 2.46. The number of hydrogen-bond acceptors (Lipinski definition) is 9. The molecule has 2 aliphatic carbocycles. The van der Waals surface area contributed by atoms with E-state index in [0.717, 1.165) is 36.8 Å². The number of nitrogens with zero attached hydrogens (tertiary/aromatic N) is 3. The molecule has 7 rings (SSSR count). The van der Waals surface area contributed by atoms with E-state index in [-0.39, 0.29) is 31.9 Å². The number of hydrogen-bond donors (Lipinski definition) is 3. The van der Waals surface area contributed by atoms with Gasteiger partial charge in [-0.3, -0.25) is 19.3 Å². The quantitative estimate of drug-likeness (QED) is 0.365. The fourth-order valence-electron chi connectivity index (χ4n) is 8.36. The summed E-state index contributed by atoms with van der Waals surface area (Å²) in [5.74, 6) is -6.33. The van der Waals surface area contributed by atoms with E-state index in [2.05, 4.69) is 10.6 Å². The molecule has 4 fully saturated rings. The molecule has 3 N–H and O–H groups in total.